The van der Waals surface area contributed by atoms with Crippen molar-refractivity contribution in [2.75, 3.05) is 13.2 Å². The van der Waals surface area contributed by atoms with Crippen LogP contribution in [0.5, 0.6) is 11.5 Å². The van der Waals surface area contributed by atoms with Crippen LogP contribution in [-0.4, -0.2) is 25.2 Å². The largest absolute Gasteiger partial charge is 0.492 e. The van der Waals surface area contributed by atoms with Gasteiger partial charge >= 0.3 is 0 Å². The van der Waals surface area contributed by atoms with E-state index in [9.17, 15) is 4.79 Å². The highest BCUT2D eigenvalue weighted by Gasteiger charge is 2.18. The third-order valence-electron chi connectivity index (χ3n) is 3.58. The van der Waals surface area contributed by atoms with Crippen molar-refractivity contribution in [3.63, 3.8) is 0 Å². The lowest BCUT2D eigenvalue weighted by molar-refractivity contribution is -0.128. The Kier molecular flexibility index (Phi) is 7.41. The predicted octanol–water partition coefficient (Wildman–Crippen LogP) is 4.65. The van der Waals surface area contributed by atoms with Gasteiger partial charge in [-0.3, -0.25) is 4.79 Å². The van der Waals surface area contributed by atoms with Crippen LogP contribution in [0.1, 0.15) is 18.9 Å². The SMILES string of the molecule is CC[C@@H](Oc1ccccc1Cl)C(=O)NCCOc1ccc(C)c(Cl)c1. The molecular formula is C19H21Cl2NO3. The molecule has 0 fully saturated rings. The van der Waals surface area contributed by atoms with Crippen molar-refractivity contribution in [1.29, 1.82) is 0 Å². The van der Waals surface area contributed by atoms with E-state index in [0.29, 0.717) is 41.1 Å². The summed E-state index contributed by atoms with van der Waals surface area (Å²) in [6.45, 7) is 4.52. The first-order chi connectivity index (χ1) is 12.0. The molecule has 0 aliphatic carbocycles. The number of carbonyl (C=O) groups is 1. The highest BCUT2D eigenvalue weighted by atomic mass is 35.5. The van der Waals surface area contributed by atoms with E-state index in [2.05, 4.69) is 5.32 Å². The molecule has 0 aliphatic rings. The molecule has 0 aromatic heterocycles. The molecule has 25 heavy (non-hydrogen) atoms. The number of para-hydroxylation sites is 1. The number of benzene rings is 2. The molecule has 2 aromatic rings. The minimum atomic E-state index is -0.603. The number of carbonyl (C=O) groups excluding carboxylic acids is 1. The molecule has 1 N–H and O–H groups in total. The van der Waals surface area contributed by atoms with Gasteiger partial charge in [-0.25, -0.2) is 0 Å². The smallest absolute Gasteiger partial charge is 0.261 e. The standard InChI is InChI=1S/C19H21Cl2NO3/c1-3-17(25-18-7-5-4-6-15(18)20)19(23)22-10-11-24-14-9-8-13(2)16(21)12-14/h4-9,12,17H,3,10-11H2,1-2H3,(H,22,23)/t17-/m1/s1. The molecule has 0 radical (unpaired) electrons. The molecule has 0 heterocycles. The maximum atomic E-state index is 12.2. The average Bonchev–Trinajstić information content (AvgIpc) is 2.60. The number of nitrogens with one attached hydrogen (secondary N) is 1. The molecule has 2 aromatic carbocycles. The summed E-state index contributed by atoms with van der Waals surface area (Å²) < 4.78 is 11.3. The van der Waals surface area contributed by atoms with E-state index >= 15 is 0 Å². The molecular weight excluding hydrogens is 361 g/mol. The number of hydrogen-bond donors (Lipinski definition) is 1. The van der Waals surface area contributed by atoms with Gasteiger partial charge in [-0.1, -0.05) is 48.3 Å². The van der Waals surface area contributed by atoms with Crippen LogP contribution in [0, 0.1) is 6.92 Å². The van der Waals surface area contributed by atoms with Crippen LogP contribution in [-0.2, 0) is 4.79 Å². The summed E-state index contributed by atoms with van der Waals surface area (Å²) in [5.41, 5.74) is 0.991. The Morgan fingerprint density at radius 2 is 1.92 bits per heavy atom. The van der Waals surface area contributed by atoms with Gasteiger partial charge < -0.3 is 14.8 Å². The van der Waals surface area contributed by atoms with Gasteiger partial charge in [-0.2, -0.15) is 0 Å². The van der Waals surface area contributed by atoms with Gasteiger partial charge in [0.1, 0.15) is 18.1 Å². The second-order valence-corrected chi connectivity index (χ2v) is 6.31. The average molecular weight is 382 g/mol. The number of hydrogen-bond acceptors (Lipinski definition) is 3. The Hall–Kier alpha value is -1.91. The molecule has 0 bridgehead atoms. The zero-order valence-corrected chi connectivity index (χ0v) is 15.7. The van der Waals surface area contributed by atoms with E-state index < -0.39 is 6.10 Å². The van der Waals surface area contributed by atoms with Crippen molar-refractivity contribution in [2.24, 2.45) is 0 Å². The fourth-order valence-electron chi connectivity index (χ4n) is 2.14. The Bertz CT molecular complexity index is 722. The first kappa shape index (κ1) is 19.4. The molecule has 0 unspecified atom stereocenters. The van der Waals surface area contributed by atoms with Crippen LogP contribution in [0.4, 0.5) is 0 Å². The highest BCUT2D eigenvalue weighted by molar-refractivity contribution is 6.32. The topological polar surface area (TPSA) is 47.6 Å². The molecule has 0 aliphatic heterocycles. The Labute approximate surface area is 158 Å². The lowest BCUT2D eigenvalue weighted by Gasteiger charge is -2.18. The zero-order valence-electron chi connectivity index (χ0n) is 14.2. The van der Waals surface area contributed by atoms with Crippen molar-refractivity contribution < 1.29 is 14.3 Å². The van der Waals surface area contributed by atoms with Crippen LogP contribution in [0.25, 0.3) is 0 Å². The van der Waals surface area contributed by atoms with Gasteiger partial charge in [0.15, 0.2) is 6.10 Å². The van der Waals surface area contributed by atoms with Crippen molar-refractivity contribution in [1.82, 2.24) is 5.32 Å². The third-order valence-corrected chi connectivity index (χ3v) is 4.30. The monoisotopic (exact) mass is 381 g/mol. The van der Waals surface area contributed by atoms with Crippen LogP contribution in [0.15, 0.2) is 42.5 Å². The fourth-order valence-corrected chi connectivity index (χ4v) is 2.49. The van der Waals surface area contributed by atoms with E-state index in [-0.39, 0.29) is 5.91 Å². The predicted molar refractivity (Wildman–Crippen MR) is 101 cm³/mol. The van der Waals surface area contributed by atoms with Crippen LogP contribution >= 0.6 is 23.2 Å². The normalized spacial score (nSPS) is 11.7. The summed E-state index contributed by atoms with van der Waals surface area (Å²) in [5.74, 6) is 0.967. The first-order valence-corrected chi connectivity index (χ1v) is 8.84. The number of amides is 1. The summed E-state index contributed by atoms with van der Waals surface area (Å²) in [6.07, 6.45) is -0.0698. The summed E-state index contributed by atoms with van der Waals surface area (Å²) in [5, 5.41) is 3.94. The van der Waals surface area contributed by atoms with Crippen LogP contribution < -0.4 is 14.8 Å². The lowest BCUT2D eigenvalue weighted by Crippen LogP contribution is -2.39. The molecule has 1 atom stereocenters. The van der Waals surface area contributed by atoms with Crippen LogP contribution in [0.3, 0.4) is 0 Å². The Balaban J connectivity index is 1.79. The summed E-state index contributed by atoms with van der Waals surface area (Å²) in [4.78, 5) is 12.2. The number of ether oxygens (including phenoxy) is 2. The van der Waals surface area contributed by atoms with Crippen molar-refractivity contribution >= 4 is 29.1 Å². The van der Waals surface area contributed by atoms with Crippen molar-refractivity contribution in [3.8, 4) is 11.5 Å². The number of rotatable bonds is 8. The molecule has 0 saturated heterocycles. The van der Waals surface area contributed by atoms with Gasteiger partial charge in [-0.15, -0.1) is 0 Å². The molecule has 1 amide bonds. The highest BCUT2D eigenvalue weighted by Crippen LogP contribution is 2.25. The van der Waals surface area contributed by atoms with Gasteiger partial charge in [0, 0.05) is 5.02 Å². The summed E-state index contributed by atoms with van der Waals surface area (Å²) >= 11 is 12.1. The van der Waals surface area contributed by atoms with Crippen LogP contribution in [0.2, 0.25) is 10.0 Å². The maximum absolute atomic E-state index is 12.2. The van der Waals surface area contributed by atoms with E-state index in [1.165, 1.54) is 0 Å². The second-order valence-electron chi connectivity index (χ2n) is 5.50. The summed E-state index contributed by atoms with van der Waals surface area (Å²) in [7, 11) is 0. The second kappa shape index (κ2) is 9.54. The lowest BCUT2D eigenvalue weighted by atomic mass is 10.2. The first-order valence-electron chi connectivity index (χ1n) is 8.09. The van der Waals surface area contributed by atoms with Gasteiger partial charge in [0.25, 0.3) is 5.91 Å². The van der Waals surface area contributed by atoms with Gasteiger partial charge in [-0.05, 0) is 43.2 Å². The van der Waals surface area contributed by atoms with Gasteiger partial charge in [0.2, 0.25) is 0 Å². The molecule has 4 nitrogen and oxygen atoms in total. The minimum Gasteiger partial charge on any atom is -0.492 e. The fraction of sp³-hybridized carbons (Fsp3) is 0.316. The molecule has 0 saturated carbocycles. The van der Waals surface area contributed by atoms with Crippen molar-refractivity contribution in [2.45, 2.75) is 26.4 Å². The summed E-state index contributed by atoms with van der Waals surface area (Å²) in [6, 6.07) is 12.6. The molecule has 0 spiro atoms. The third kappa shape index (κ3) is 5.83. The molecule has 6 heteroatoms. The molecule has 134 valence electrons. The van der Waals surface area contributed by atoms with E-state index in [1.54, 1.807) is 18.2 Å². The Morgan fingerprint density at radius 1 is 1.16 bits per heavy atom. The quantitative estimate of drug-likeness (QED) is 0.676. The van der Waals surface area contributed by atoms with Gasteiger partial charge in [0.05, 0.1) is 11.6 Å². The number of halogens is 2. The Morgan fingerprint density at radius 3 is 2.60 bits per heavy atom. The molecule has 2 rings (SSSR count). The van der Waals surface area contributed by atoms with E-state index in [1.807, 2.05) is 38.1 Å². The zero-order chi connectivity index (χ0) is 18.2. The van der Waals surface area contributed by atoms with E-state index in [0.717, 1.165) is 5.56 Å². The van der Waals surface area contributed by atoms with Crippen molar-refractivity contribution in [3.05, 3.63) is 58.1 Å². The van der Waals surface area contributed by atoms with E-state index in [4.69, 9.17) is 32.7 Å². The number of aryl methyl sites for hydroxylation is 1. The maximum Gasteiger partial charge on any atom is 0.261 e. The minimum absolute atomic E-state index is 0.201.